The van der Waals surface area contributed by atoms with Gasteiger partial charge in [0.2, 0.25) is 5.91 Å². The molecule has 0 aliphatic heterocycles. The number of primary amides is 1. The molecule has 5 heteroatoms. The van der Waals surface area contributed by atoms with Gasteiger partial charge in [0.25, 0.3) is 0 Å². The third kappa shape index (κ3) is 2.60. The molecule has 0 heterocycles. The molecule has 0 aliphatic rings. The van der Waals surface area contributed by atoms with Gasteiger partial charge in [0, 0.05) is 10.0 Å². The van der Waals surface area contributed by atoms with Crippen LogP contribution in [-0.4, -0.2) is 11.0 Å². The lowest BCUT2D eigenvalue weighted by Crippen LogP contribution is -2.13. The molecule has 0 aromatic heterocycles. The van der Waals surface area contributed by atoms with Crippen molar-refractivity contribution < 1.29 is 9.90 Å². The monoisotopic (exact) mass is 263 g/mol. The lowest BCUT2D eigenvalue weighted by Gasteiger charge is -2.04. The van der Waals surface area contributed by atoms with E-state index in [2.05, 4.69) is 15.9 Å². The normalized spacial score (nSPS) is 10.0. The van der Waals surface area contributed by atoms with Crippen molar-refractivity contribution in [1.29, 1.82) is 0 Å². The summed E-state index contributed by atoms with van der Waals surface area (Å²) in [6.45, 7) is 0. The van der Waals surface area contributed by atoms with Crippen LogP contribution in [0.4, 0.5) is 0 Å². The maximum atomic E-state index is 10.6. The molecule has 0 spiro atoms. The first-order valence-corrected chi connectivity index (χ1v) is 4.63. The molecule has 1 rings (SSSR count). The minimum absolute atomic E-state index is 0.0228. The summed E-state index contributed by atoms with van der Waals surface area (Å²) in [5.74, 6) is -0.604. The Kier molecular flexibility index (Phi) is 3.17. The zero-order valence-electron chi connectivity index (χ0n) is 6.55. The van der Waals surface area contributed by atoms with Gasteiger partial charge in [0.05, 0.1) is 11.4 Å². The largest absolute Gasteiger partial charge is 0.506 e. The number of halogens is 2. The van der Waals surface area contributed by atoms with Crippen molar-refractivity contribution >= 4 is 33.4 Å². The van der Waals surface area contributed by atoms with Crippen LogP contribution < -0.4 is 5.73 Å². The molecule has 1 amide bonds. The number of nitrogens with two attached hydrogens (primary N) is 1. The van der Waals surface area contributed by atoms with E-state index < -0.39 is 5.91 Å². The van der Waals surface area contributed by atoms with Crippen LogP contribution in [0.2, 0.25) is 5.02 Å². The van der Waals surface area contributed by atoms with Crippen molar-refractivity contribution in [2.75, 3.05) is 0 Å². The molecule has 0 aliphatic carbocycles. The van der Waals surface area contributed by atoms with E-state index in [1.54, 1.807) is 12.1 Å². The highest BCUT2D eigenvalue weighted by molar-refractivity contribution is 9.10. The van der Waals surface area contributed by atoms with E-state index in [1.807, 2.05) is 0 Å². The lowest BCUT2D eigenvalue weighted by atomic mass is 10.1. The fourth-order valence-electron chi connectivity index (χ4n) is 0.942. The molecule has 0 atom stereocenters. The van der Waals surface area contributed by atoms with Crippen LogP contribution in [0.15, 0.2) is 16.6 Å². The second kappa shape index (κ2) is 3.98. The topological polar surface area (TPSA) is 63.3 Å². The molecule has 0 bridgehead atoms. The predicted octanol–water partition coefficient (Wildman–Crippen LogP) is 1.84. The van der Waals surface area contributed by atoms with Gasteiger partial charge in [-0.25, -0.2) is 0 Å². The molecule has 3 nitrogen and oxygen atoms in total. The van der Waals surface area contributed by atoms with Crippen LogP contribution in [0.3, 0.4) is 0 Å². The number of carbonyl (C=O) groups excluding carboxylic acids is 1. The van der Waals surface area contributed by atoms with Crippen molar-refractivity contribution in [3.8, 4) is 5.75 Å². The first-order valence-electron chi connectivity index (χ1n) is 3.46. The molecule has 0 unspecified atom stereocenters. The summed E-state index contributed by atoms with van der Waals surface area (Å²) in [6.07, 6.45) is -0.0228. The number of rotatable bonds is 2. The highest BCUT2D eigenvalue weighted by atomic mass is 79.9. The summed E-state index contributed by atoms with van der Waals surface area (Å²) in [4.78, 5) is 10.6. The van der Waals surface area contributed by atoms with Gasteiger partial charge in [-0.3, -0.25) is 4.79 Å². The van der Waals surface area contributed by atoms with Gasteiger partial charge in [-0.05, 0) is 12.1 Å². The fourth-order valence-corrected chi connectivity index (χ4v) is 1.82. The standard InChI is InChI=1S/C8H7BrClNO2/c9-5-1-4(2-7(11)12)8(13)6(10)3-5/h1,3,13H,2H2,(H2,11,12). The van der Waals surface area contributed by atoms with E-state index in [0.717, 1.165) is 0 Å². The SMILES string of the molecule is NC(=O)Cc1cc(Br)cc(Cl)c1O. The Balaban J connectivity index is 3.12. The van der Waals surface area contributed by atoms with Gasteiger partial charge in [-0.15, -0.1) is 0 Å². The average Bonchev–Trinajstić information content (AvgIpc) is 1.98. The Morgan fingerprint density at radius 1 is 1.62 bits per heavy atom. The zero-order chi connectivity index (χ0) is 10.0. The Labute approximate surface area is 88.6 Å². The molecule has 70 valence electrons. The lowest BCUT2D eigenvalue weighted by molar-refractivity contribution is -0.117. The molecular weight excluding hydrogens is 257 g/mol. The van der Waals surface area contributed by atoms with Gasteiger partial charge in [-0.1, -0.05) is 27.5 Å². The smallest absolute Gasteiger partial charge is 0.221 e. The molecule has 0 saturated heterocycles. The van der Waals surface area contributed by atoms with Gasteiger partial charge in [0.1, 0.15) is 5.75 Å². The Bertz CT molecular complexity index is 354. The first kappa shape index (κ1) is 10.3. The van der Waals surface area contributed by atoms with Gasteiger partial charge < -0.3 is 10.8 Å². The molecule has 13 heavy (non-hydrogen) atoms. The van der Waals surface area contributed by atoms with Crippen LogP contribution in [0, 0.1) is 0 Å². The van der Waals surface area contributed by atoms with Crippen LogP contribution >= 0.6 is 27.5 Å². The highest BCUT2D eigenvalue weighted by Gasteiger charge is 2.09. The van der Waals surface area contributed by atoms with E-state index in [1.165, 1.54) is 0 Å². The number of hydrogen-bond donors (Lipinski definition) is 2. The number of phenols is 1. The molecular formula is C8H7BrClNO2. The van der Waals surface area contributed by atoms with Crippen LogP contribution in [0.25, 0.3) is 0 Å². The van der Waals surface area contributed by atoms with Gasteiger partial charge in [0.15, 0.2) is 0 Å². The van der Waals surface area contributed by atoms with Crippen molar-refractivity contribution in [3.05, 3.63) is 27.2 Å². The number of phenolic OH excluding ortho intramolecular Hbond substituents is 1. The second-order valence-corrected chi connectivity index (χ2v) is 3.86. The minimum Gasteiger partial charge on any atom is -0.506 e. The van der Waals surface area contributed by atoms with E-state index in [9.17, 15) is 9.90 Å². The highest BCUT2D eigenvalue weighted by Crippen LogP contribution is 2.31. The quantitative estimate of drug-likeness (QED) is 0.856. The maximum absolute atomic E-state index is 10.6. The van der Waals surface area contributed by atoms with Gasteiger partial charge >= 0.3 is 0 Å². The maximum Gasteiger partial charge on any atom is 0.221 e. The summed E-state index contributed by atoms with van der Waals surface area (Å²) < 4.78 is 0.701. The Hall–Kier alpha value is -0.740. The van der Waals surface area contributed by atoms with E-state index in [4.69, 9.17) is 17.3 Å². The van der Waals surface area contributed by atoms with Crippen LogP contribution in [0.1, 0.15) is 5.56 Å². The third-order valence-corrected chi connectivity index (χ3v) is 2.22. The first-order chi connectivity index (χ1) is 6.00. The van der Waals surface area contributed by atoms with Crippen molar-refractivity contribution in [3.63, 3.8) is 0 Å². The molecule has 1 aromatic rings. The third-order valence-electron chi connectivity index (χ3n) is 1.47. The number of benzene rings is 1. The Morgan fingerprint density at radius 3 is 2.77 bits per heavy atom. The van der Waals surface area contributed by atoms with Crippen molar-refractivity contribution in [1.82, 2.24) is 0 Å². The molecule has 1 aromatic carbocycles. The van der Waals surface area contributed by atoms with Crippen molar-refractivity contribution in [2.45, 2.75) is 6.42 Å². The predicted molar refractivity (Wildman–Crippen MR) is 53.7 cm³/mol. The number of amides is 1. The van der Waals surface area contributed by atoms with E-state index >= 15 is 0 Å². The molecule has 0 radical (unpaired) electrons. The average molecular weight is 265 g/mol. The summed E-state index contributed by atoms with van der Waals surface area (Å²) in [7, 11) is 0. The summed E-state index contributed by atoms with van der Waals surface area (Å²) in [6, 6.07) is 3.15. The fraction of sp³-hybridized carbons (Fsp3) is 0.125. The van der Waals surface area contributed by atoms with E-state index in [-0.39, 0.29) is 17.2 Å². The number of hydrogen-bond acceptors (Lipinski definition) is 2. The summed E-state index contributed by atoms with van der Waals surface area (Å²) in [5.41, 5.74) is 5.41. The zero-order valence-corrected chi connectivity index (χ0v) is 8.89. The molecule has 3 N–H and O–H groups in total. The molecule has 0 saturated carbocycles. The van der Waals surface area contributed by atoms with E-state index in [0.29, 0.717) is 10.0 Å². The van der Waals surface area contributed by atoms with Crippen LogP contribution in [0.5, 0.6) is 5.75 Å². The van der Waals surface area contributed by atoms with Crippen molar-refractivity contribution in [2.24, 2.45) is 5.73 Å². The number of aromatic hydroxyl groups is 1. The minimum atomic E-state index is -0.510. The van der Waals surface area contributed by atoms with Gasteiger partial charge in [-0.2, -0.15) is 0 Å². The second-order valence-electron chi connectivity index (χ2n) is 2.54. The number of carbonyl (C=O) groups is 1. The summed E-state index contributed by atoms with van der Waals surface area (Å²) >= 11 is 8.86. The van der Waals surface area contributed by atoms with Crippen LogP contribution in [-0.2, 0) is 11.2 Å². The summed E-state index contributed by atoms with van der Waals surface area (Å²) in [5, 5.41) is 9.61. The molecule has 0 fully saturated rings. The Morgan fingerprint density at radius 2 is 2.23 bits per heavy atom.